The predicted octanol–water partition coefficient (Wildman–Crippen LogP) is 8.93. The lowest BCUT2D eigenvalue weighted by Gasteiger charge is -2.42. The van der Waals surface area contributed by atoms with Gasteiger partial charge in [0.25, 0.3) is 8.32 Å². The van der Waals surface area contributed by atoms with E-state index in [1.165, 1.54) is 27.1 Å². The van der Waals surface area contributed by atoms with E-state index < -0.39 is 8.32 Å². The summed E-state index contributed by atoms with van der Waals surface area (Å²) in [6.45, 7) is 23.2. The molecule has 0 bridgehead atoms. The zero-order valence-electron chi connectivity index (χ0n) is 23.2. The van der Waals surface area contributed by atoms with Crippen molar-refractivity contribution in [1.29, 1.82) is 0 Å². The van der Waals surface area contributed by atoms with E-state index in [2.05, 4.69) is 99.6 Å². The zero-order chi connectivity index (χ0) is 25.6. The fourth-order valence-electron chi connectivity index (χ4n) is 5.30. The van der Waals surface area contributed by atoms with Gasteiger partial charge in [0.1, 0.15) is 11.5 Å². The van der Waals surface area contributed by atoms with E-state index >= 15 is 0 Å². The number of methoxy groups -OCH3 is 1. The molecule has 0 saturated heterocycles. The summed E-state index contributed by atoms with van der Waals surface area (Å²) < 4.78 is 17.9. The van der Waals surface area contributed by atoms with Crippen molar-refractivity contribution >= 4 is 20.1 Å². The summed E-state index contributed by atoms with van der Waals surface area (Å²) in [6.07, 6.45) is 0.898. The Balaban J connectivity index is 2.37. The van der Waals surface area contributed by atoms with Gasteiger partial charge in [0.2, 0.25) is 0 Å². The molecule has 190 valence electrons. The molecule has 0 amide bonds. The van der Waals surface area contributed by atoms with Crippen molar-refractivity contribution in [2.24, 2.45) is 0 Å². The summed E-state index contributed by atoms with van der Waals surface area (Å²) in [5, 5.41) is 0.479. The van der Waals surface area contributed by atoms with Crippen molar-refractivity contribution in [2.75, 3.05) is 13.9 Å². The predicted molar refractivity (Wildman–Crippen MR) is 150 cm³/mol. The van der Waals surface area contributed by atoms with Crippen LogP contribution in [-0.2, 0) is 11.2 Å². The fraction of sp³-hybridized carbons (Fsp3) is 0.586. The Hall–Kier alpha value is -1.43. The minimum absolute atomic E-state index is 0.263. The first kappa shape index (κ1) is 28.8. The maximum atomic E-state index is 6.98. The Kier molecular flexibility index (Phi) is 10.6. The molecular formula is C29H46O3SSi. The molecule has 0 spiro atoms. The highest BCUT2D eigenvalue weighted by Crippen LogP contribution is 2.43. The Morgan fingerprint density at radius 3 is 1.85 bits per heavy atom. The number of thioether (sulfide) groups is 1. The topological polar surface area (TPSA) is 27.7 Å². The van der Waals surface area contributed by atoms with Crippen molar-refractivity contribution in [3.8, 4) is 11.5 Å². The molecule has 3 nitrogen and oxygen atoms in total. The van der Waals surface area contributed by atoms with Crippen LogP contribution in [0.2, 0.25) is 16.6 Å². The van der Waals surface area contributed by atoms with Crippen molar-refractivity contribution < 1.29 is 13.9 Å². The third-order valence-corrected chi connectivity index (χ3v) is 13.8. The molecule has 34 heavy (non-hydrogen) atoms. The number of ether oxygens (including phenoxy) is 2. The van der Waals surface area contributed by atoms with Gasteiger partial charge in [-0.25, -0.2) is 0 Å². The van der Waals surface area contributed by atoms with Gasteiger partial charge in [-0.1, -0.05) is 61.5 Å². The van der Waals surface area contributed by atoms with Crippen molar-refractivity contribution in [3.63, 3.8) is 0 Å². The van der Waals surface area contributed by atoms with Crippen molar-refractivity contribution in [2.45, 2.75) is 102 Å². The lowest BCUT2D eigenvalue weighted by Crippen LogP contribution is -2.50. The molecule has 0 aliphatic rings. The van der Waals surface area contributed by atoms with Crippen LogP contribution in [0.25, 0.3) is 0 Å². The van der Waals surface area contributed by atoms with Gasteiger partial charge in [-0.05, 0) is 83.4 Å². The van der Waals surface area contributed by atoms with Crippen LogP contribution in [0.5, 0.6) is 11.5 Å². The first-order chi connectivity index (χ1) is 15.9. The molecule has 0 aromatic heterocycles. The summed E-state index contributed by atoms with van der Waals surface area (Å²) >= 11 is 1.83. The largest absolute Gasteiger partial charge is 0.543 e. The lowest BCUT2D eigenvalue weighted by molar-refractivity contribution is 0.0491. The van der Waals surface area contributed by atoms with Gasteiger partial charge in [0.05, 0.1) is 4.90 Å². The SMILES string of the molecule is COCOc1ccc(Cc2c(C)cc(O[Si](C(C)C)(C(C)C)C(C)C)cc2C)cc1SC(C)C. The minimum Gasteiger partial charge on any atom is -0.543 e. The highest BCUT2D eigenvalue weighted by molar-refractivity contribution is 8.00. The van der Waals surface area contributed by atoms with Crippen LogP contribution in [-0.4, -0.2) is 27.5 Å². The average Bonchev–Trinajstić information content (AvgIpc) is 2.72. The molecule has 0 saturated carbocycles. The standard InChI is InChI=1S/C29H46O3SSi/c1-19(2)33-29-17-25(12-13-28(29)31-18-30-11)16-27-23(9)14-26(15-24(27)10)32-34(20(3)4,21(5)6)22(7)8/h12-15,17,19-22H,16,18H2,1-11H3. The molecule has 5 heteroatoms. The van der Waals surface area contributed by atoms with Gasteiger partial charge in [-0.2, -0.15) is 0 Å². The van der Waals surface area contributed by atoms with Crippen molar-refractivity contribution in [1.82, 2.24) is 0 Å². The molecule has 2 rings (SSSR count). The Labute approximate surface area is 214 Å². The highest BCUT2D eigenvalue weighted by Gasteiger charge is 2.47. The summed E-state index contributed by atoms with van der Waals surface area (Å²) in [6, 6.07) is 11.0. The first-order valence-electron chi connectivity index (χ1n) is 12.6. The van der Waals surface area contributed by atoms with E-state index in [9.17, 15) is 0 Å². The lowest BCUT2D eigenvalue weighted by atomic mass is 9.96. The second-order valence-corrected chi connectivity index (χ2v) is 17.6. The van der Waals surface area contributed by atoms with Gasteiger partial charge in [-0.3, -0.25) is 0 Å². The van der Waals surface area contributed by atoms with Gasteiger partial charge >= 0.3 is 0 Å². The van der Waals surface area contributed by atoms with Gasteiger partial charge < -0.3 is 13.9 Å². The fourth-order valence-corrected chi connectivity index (χ4v) is 11.5. The first-order valence-corrected chi connectivity index (χ1v) is 15.6. The van der Waals surface area contributed by atoms with Gasteiger partial charge in [0, 0.05) is 12.4 Å². The third kappa shape index (κ3) is 6.83. The smallest absolute Gasteiger partial charge is 0.258 e. The number of aryl methyl sites for hydroxylation is 2. The maximum absolute atomic E-state index is 6.98. The number of rotatable bonds is 12. The van der Waals surface area contributed by atoms with Crippen LogP contribution >= 0.6 is 11.8 Å². The number of benzene rings is 2. The average molecular weight is 503 g/mol. The van der Waals surface area contributed by atoms with Crippen LogP contribution in [0.1, 0.15) is 77.6 Å². The Bertz CT molecular complexity index is 892. The molecule has 0 atom stereocenters. The van der Waals surface area contributed by atoms with E-state index in [1.807, 2.05) is 11.8 Å². The van der Waals surface area contributed by atoms with Crippen LogP contribution in [0, 0.1) is 13.8 Å². The molecule has 0 unspecified atom stereocenters. The van der Waals surface area contributed by atoms with E-state index in [0.29, 0.717) is 21.9 Å². The number of hydrogen-bond donors (Lipinski definition) is 0. The monoisotopic (exact) mass is 502 g/mol. The summed E-state index contributed by atoms with van der Waals surface area (Å²) in [5.41, 5.74) is 6.95. The molecule has 0 aliphatic carbocycles. The summed E-state index contributed by atoms with van der Waals surface area (Å²) in [4.78, 5) is 1.17. The summed E-state index contributed by atoms with van der Waals surface area (Å²) in [5.74, 6) is 1.93. The van der Waals surface area contributed by atoms with E-state index in [-0.39, 0.29) is 6.79 Å². The number of hydrogen-bond acceptors (Lipinski definition) is 4. The van der Waals surface area contributed by atoms with Crippen LogP contribution in [0.3, 0.4) is 0 Å². The highest BCUT2D eigenvalue weighted by atomic mass is 32.2. The van der Waals surface area contributed by atoms with Crippen molar-refractivity contribution in [3.05, 3.63) is 52.6 Å². The van der Waals surface area contributed by atoms with Crippen LogP contribution < -0.4 is 9.16 Å². The minimum atomic E-state index is -1.97. The maximum Gasteiger partial charge on any atom is 0.258 e. The Morgan fingerprint density at radius 1 is 0.824 bits per heavy atom. The van der Waals surface area contributed by atoms with E-state index in [0.717, 1.165) is 17.9 Å². The molecular weight excluding hydrogens is 456 g/mol. The molecule has 0 aliphatic heterocycles. The van der Waals surface area contributed by atoms with E-state index in [4.69, 9.17) is 13.9 Å². The molecule has 0 fully saturated rings. The molecule has 2 aromatic rings. The van der Waals surface area contributed by atoms with Crippen LogP contribution in [0.4, 0.5) is 0 Å². The second kappa shape index (κ2) is 12.5. The van der Waals surface area contributed by atoms with E-state index in [1.54, 1.807) is 7.11 Å². The Morgan fingerprint density at radius 2 is 1.38 bits per heavy atom. The van der Waals surface area contributed by atoms with Gasteiger partial charge in [-0.15, -0.1) is 11.8 Å². The normalized spacial score (nSPS) is 12.3. The molecule has 0 N–H and O–H groups in total. The molecule has 2 aromatic carbocycles. The molecule has 0 heterocycles. The van der Waals surface area contributed by atoms with Crippen LogP contribution in [0.15, 0.2) is 35.2 Å². The third-order valence-electron chi connectivity index (χ3n) is 6.76. The second-order valence-electron chi connectivity index (χ2n) is 10.6. The molecule has 0 radical (unpaired) electrons. The quantitative estimate of drug-likeness (QED) is 0.164. The van der Waals surface area contributed by atoms with Gasteiger partial charge in [0.15, 0.2) is 6.79 Å². The zero-order valence-corrected chi connectivity index (χ0v) is 25.1. The summed E-state index contributed by atoms with van der Waals surface area (Å²) in [7, 11) is -0.322.